The number of aryl methyl sites for hydroxylation is 3. The Balaban J connectivity index is 1.43. The Hall–Kier alpha value is -3.37. The highest BCUT2D eigenvalue weighted by Gasteiger charge is 2.15. The summed E-state index contributed by atoms with van der Waals surface area (Å²) in [4.78, 5) is 33.3. The lowest BCUT2D eigenvalue weighted by atomic mass is 10.2. The minimum Gasteiger partial charge on any atom is -0.309 e. The van der Waals surface area contributed by atoms with Crippen LogP contribution in [-0.4, -0.2) is 31.9 Å². The quantitative estimate of drug-likeness (QED) is 0.320. The summed E-state index contributed by atoms with van der Waals surface area (Å²) >= 11 is 7.84. The Morgan fingerprint density at radius 1 is 1.30 bits per heavy atom. The van der Waals surface area contributed by atoms with E-state index in [0.717, 1.165) is 16.0 Å². The van der Waals surface area contributed by atoms with Gasteiger partial charge in [-0.25, -0.2) is 19.5 Å². The normalized spacial score (nSPS) is 11.5. The molecule has 4 aromatic rings. The molecule has 0 bridgehead atoms. The zero-order valence-corrected chi connectivity index (χ0v) is 19.6. The van der Waals surface area contributed by atoms with Gasteiger partial charge in [-0.05, 0) is 44.0 Å². The van der Waals surface area contributed by atoms with Crippen molar-refractivity contribution in [3.05, 3.63) is 78.7 Å². The first-order chi connectivity index (χ1) is 15.7. The second-order valence-electron chi connectivity index (χ2n) is 7.52. The number of hydrogen-bond donors (Lipinski definition) is 2. The fraction of sp³-hybridized carbons (Fsp3) is 0.227. The summed E-state index contributed by atoms with van der Waals surface area (Å²) in [6.07, 6.45) is 1.28. The van der Waals surface area contributed by atoms with Crippen molar-refractivity contribution >= 4 is 45.3 Å². The molecule has 0 spiro atoms. The predicted octanol–water partition coefficient (Wildman–Crippen LogP) is 3.64. The number of aromatic amines is 1. The van der Waals surface area contributed by atoms with Crippen LogP contribution < -0.4 is 11.0 Å². The van der Waals surface area contributed by atoms with E-state index < -0.39 is 5.91 Å². The molecule has 8 nitrogen and oxygen atoms in total. The van der Waals surface area contributed by atoms with Crippen LogP contribution in [0.5, 0.6) is 0 Å². The van der Waals surface area contributed by atoms with Gasteiger partial charge in [0.25, 0.3) is 5.56 Å². The van der Waals surface area contributed by atoms with E-state index in [1.807, 2.05) is 13.8 Å². The molecule has 33 heavy (non-hydrogen) atoms. The first-order valence-corrected chi connectivity index (χ1v) is 11.2. The second kappa shape index (κ2) is 9.24. The zero-order valence-electron chi connectivity index (χ0n) is 18.1. The maximum atomic E-state index is 13.1. The van der Waals surface area contributed by atoms with E-state index in [0.29, 0.717) is 33.2 Å². The fourth-order valence-corrected chi connectivity index (χ4v) is 4.66. The average molecular weight is 487 g/mol. The van der Waals surface area contributed by atoms with Gasteiger partial charge in [0.05, 0.1) is 35.8 Å². The third-order valence-corrected chi connectivity index (χ3v) is 6.65. The number of hydrogen-bond acceptors (Lipinski definition) is 6. The van der Waals surface area contributed by atoms with E-state index in [2.05, 4.69) is 25.6 Å². The highest BCUT2D eigenvalue weighted by Crippen LogP contribution is 2.25. The number of rotatable bonds is 6. The SMILES string of the molecule is Cc1nn(Cc2ccc(F)cc2)c(Cl)c1/C=N/NC(=O)Cc1nc2sc(C)c(C)c2c(=O)[nH]1. The number of hydrazone groups is 1. The standard InChI is InChI=1S/C22H20ClFN6O2S/c1-11-13(3)33-22-19(11)21(32)26-17(27-22)8-18(31)28-25-9-16-12(2)29-30(20(16)23)10-14-4-6-15(24)7-5-14/h4-7,9H,8,10H2,1-3H3,(H,28,31)(H,26,27,32)/b25-9+. The Labute approximate surface area is 197 Å². The number of carbonyl (C=O) groups excluding carboxylic acids is 1. The first kappa shape index (κ1) is 22.8. The summed E-state index contributed by atoms with van der Waals surface area (Å²) in [6, 6.07) is 6.06. The van der Waals surface area contributed by atoms with Crippen LogP contribution in [0, 0.1) is 26.6 Å². The molecule has 1 aromatic carbocycles. The maximum absolute atomic E-state index is 13.1. The molecule has 0 unspecified atom stereocenters. The molecule has 11 heteroatoms. The molecule has 1 amide bonds. The highest BCUT2D eigenvalue weighted by molar-refractivity contribution is 7.18. The maximum Gasteiger partial charge on any atom is 0.259 e. The van der Waals surface area contributed by atoms with Crippen molar-refractivity contribution in [2.45, 2.75) is 33.7 Å². The summed E-state index contributed by atoms with van der Waals surface area (Å²) in [6.45, 7) is 5.94. The minimum atomic E-state index is -0.439. The zero-order chi connectivity index (χ0) is 23.7. The molecule has 0 aliphatic rings. The van der Waals surface area contributed by atoms with Crippen LogP contribution in [-0.2, 0) is 17.8 Å². The number of nitrogens with zero attached hydrogens (tertiary/aromatic N) is 4. The summed E-state index contributed by atoms with van der Waals surface area (Å²) in [5.41, 5.74) is 5.07. The highest BCUT2D eigenvalue weighted by atomic mass is 35.5. The summed E-state index contributed by atoms with van der Waals surface area (Å²) in [5.74, 6) is -0.487. The van der Waals surface area contributed by atoms with Crippen LogP contribution in [0.25, 0.3) is 10.2 Å². The smallest absolute Gasteiger partial charge is 0.259 e. The van der Waals surface area contributed by atoms with Gasteiger partial charge in [-0.15, -0.1) is 11.3 Å². The number of aromatic nitrogens is 4. The van der Waals surface area contributed by atoms with Crippen LogP contribution in [0.3, 0.4) is 0 Å². The van der Waals surface area contributed by atoms with Gasteiger partial charge in [-0.3, -0.25) is 9.59 Å². The van der Waals surface area contributed by atoms with Crippen LogP contribution in [0.2, 0.25) is 5.15 Å². The van der Waals surface area contributed by atoms with Gasteiger partial charge in [0, 0.05) is 4.88 Å². The van der Waals surface area contributed by atoms with Crippen LogP contribution in [0.15, 0.2) is 34.2 Å². The van der Waals surface area contributed by atoms with Gasteiger partial charge in [0.2, 0.25) is 5.91 Å². The number of carbonyl (C=O) groups is 1. The fourth-order valence-electron chi connectivity index (χ4n) is 3.32. The number of nitrogens with one attached hydrogen (secondary N) is 2. The topological polar surface area (TPSA) is 105 Å². The van der Waals surface area contributed by atoms with Crippen molar-refractivity contribution in [1.82, 2.24) is 25.2 Å². The van der Waals surface area contributed by atoms with Gasteiger partial charge < -0.3 is 4.98 Å². The van der Waals surface area contributed by atoms with Gasteiger partial charge in [0.1, 0.15) is 21.6 Å². The molecule has 0 saturated heterocycles. The molecule has 0 radical (unpaired) electrons. The lowest BCUT2D eigenvalue weighted by molar-refractivity contribution is -0.120. The van der Waals surface area contributed by atoms with E-state index in [9.17, 15) is 14.0 Å². The number of amides is 1. The van der Waals surface area contributed by atoms with Crippen LogP contribution in [0.4, 0.5) is 4.39 Å². The summed E-state index contributed by atoms with van der Waals surface area (Å²) in [5, 5.41) is 9.24. The van der Waals surface area contributed by atoms with E-state index >= 15 is 0 Å². The van der Waals surface area contributed by atoms with E-state index in [1.165, 1.54) is 29.7 Å². The third-order valence-electron chi connectivity index (χ3n) is 5.15. The largest absolute Gasteiger partial charge is 0.309 e. The van der Waals surface area contributed by atoms with Crippen molar-refractivity contribution in [1.29, 1.82) is 0 Å². The Kier molecular flexibility index (Phi) is 6.39. The molecule has 0 fully saturated rings. The molecule has 4 rings (SSSR count). The molecule has 0 atom stereocenters. The number of fused-ring (bicyclic) bond motifs is 1. The number of halogens is 2. The van der Waals surface area contributed by atoms with Crippen molar-refractivity contribution in [3.8, 4) is 0 Å². The second-order valence-corrected chi connectivity index (χ2v) is 9.08. The molecule has 2 N–H and O–H groups in total. The predicted molar refractivity (Wildman–Crippen MR) is 127 cm³/mol. The van der Waals surface area contributed by atoms with Crippen molar-refractivity contribution < 1.29 is 9.18 Å². The molecular formula is C22H20ClFN6O2S. The van der Waals surface area contributed by atoms with Gasteiger partial charge >= 0.3 is 0 Å². The third kappa shape index (κ3) is 4.86. The molecule has 0 aliphatic heterocycles. The van der Waals surface area contributed by atoms with Crippen LogP contribution in [0.1, 0.15) is 33.1 Å². The molecule has 0 aliphatic carbocycles. The molecule has 0 saturated carbocycles. The number of thiophene rings is 1. The van der Waals surface area contributed by atoms with Gasteiger partial charge in [0.15, 0.2) is 0 Å². The molecule has 3 aromatic heterocycles. The van der Waals surface area contributed by atoms with Crippen molar-refractivity contribution in [3.63, 3.8) is 0 Å². The van der Waals surface area contributed by atoms with E-state index in [4.69, 9.17) is 11.6 Å². The molecular weight excluding hydrogens is 467 g/mol. The van der Waals surface area contributed by atoms with Crippen molar-refractivity contribution in [2.24, 2.45) is 5.10 Å². The molecule has 170 valence electrons. The Morgan fingerprint density at radius 2 is 2.03 bits per heavy atom. The van der Waals surface area contributed by atoms with Gasteiger partial charge in [-0.2, -0.15) is 10.2 Å². The van der Waals surface area contributed by atoms with E-state index in [1.54, 1.807) is 23.7 Å². The lowest BCUT2D eigenvalue weighted by Crippen LogP contribution is -2.23. The average Bonchev–Trinajstić information content (AvgIpc) is 3.19. The number of H-pyrrole nitrogens is 1. The summed E-state index contributed by atoms with van der Waals surface area (Å²) in [7, 11) is 0. The van der Waals surface area contributed by atoms with E-state index in [-0.39, 0.29) is 23.6 Å². The number of benzene rings is 1. The minimum absolute atomic E-state index is 0.130. The summed E-state index contributed by atoms with van der Waals surface area (Å²) < 4.78 is 14.7. The lowest BCUT2D eigenvalue weighted by Gasteiger charge is -2.03. The van der Waals surface area contributed by atoms with Crippen molar-refractivity contribution in [2.75, 3.05) is 0 Å². The Bertz CT molecular complexity index is 1440. The Morgan fingerprint density at radius 3 is 2.76 bits per heavy atom. The first-order valence-electron chi connectivity index (χ1n) is 10.0. The monoisotopic (exact) mass is 486 g/mol. The van der Waals surface area contributed by atoms with Crippen LogP contribution >= 0.6 is 22.9 Å². The van der Waals surface area contributed by atoms with Gasteiger partial charge in [-0.1, -0.05) is 23.7 Å². The molecule has 3 heterocycles.